The summed E-state index contributed by atoms with van der Waals surface area (Å²) in [6.45, 7) is 1.96. The smallest absolute Gasteiger partial charge is 0.349 e. The van der Waals surface area contributed by atoms with Crippen molar-refractivity contribution in [1.29, 1.82) is 0 Å². The largest absolute Gasteiger partial charge is 0.422 e. The van der Waals surface area contributed by atoms with E-state index in [2.05, 4.69) is 5.32 Å². The van der Waals surface area contributed by atoms with Crippen LogP contribution in [0.2, 0.25) is 5.02 Å². The highest BCUT2D eigenvalue weighted by Gasteiger charge is 2.14. The third-order valence-electron chi connectivity index (χ3n) is 4.70. The maximum absolute atomic E-state index is 12.6. The lowest BCUT2D eigenvalue weighted by Crippen LogP contribution is -2.20. The van der Waals surface area contributed by atoms with Crippen molar-refractivity contribution in [3.05, 3.63) is 110 Å². The van der Waals surface area contributed by atoms with Crippen LogP contribution in [0.3, 0.4) is 0 Å². The number of hydrogen-bond acceptors (Lipinski definition) is 3. The molecule has 1 amide bonds. The summed E-state index contributed by atoms with van der Waals surface area (Å²) in [5, 5.41) is 4.12. The van der Waals surface area contributed by atoms with Crippen molar-refractivity contribution >= 4 is 34.2 Å². The van der Waals surface area contributed by atoms with E-state index in [4.69, 9.17) is 16.0 Å². The summed E-state index contributed by atoms with van der Waals surface area (Å²) in [6.07, 6.45) is 0.639. The molecule has 0 bridgehead atoms. The quantitative estimate of drug-likeness (QED) is 0.451. The zero-order chi connectivity index (χ0) is 20.4. The van der Waals surface area contributed by atoms with E-state index >= 15 is 0 Å². The molecule has 0 aliphatic heterocycles. The summed E-state index contributed by atoms with van der Waals surface area (Å²) in [5.74, 6) is -0.499. The van der Waals surface area contributed by atoms with Crippen LogP contribution in [0.5, 0.6) is 0 Å². The lowest BCUT2D eigenvalue weighted by Gasteiger charge is -2.08. The van der Waals surface area contributed by atoms with E-state index in [9.17, 15) is 9.59 Å². The number of rotatable bonds is 4. The summed E-state index contributed by atoms with van der Waals surface area (Å²) in [4.78, 5) is 24.9. The SMILES string of the molecule is Cc1ccc(NC(=O)c2cc3cc(Cc4ccccc4Cl)ccc3oc2=O)cc1. The summed E-state index contributed by atoms with van der Waals surface area (Å²) < 4.78 is 5.36. The van der Waals surface area contributed by atoms with Crippen molar-refractivity contribution in [3.8, 4) is 0 Å². The number of anilines is 1. The maximum atomic E-state index is 12.6. The molecule has 0 spiro atoms. The first kappa shape index (κ1) is 19.0. The van der Waals surface area contributed by atoms with Gasteiger partial charge in [0.25, 0.3) is 5.91 Å². The summed E-state index contributed by atoms with van der Waals surface area (Å²) >= 11 is 6.25. The van der Waals surface area contributed by atoms with Crippen molar-refractivity contribution in [2.45, 2.75) is 13.3 Å². The first-order valence-corrected chi connectivity index (χ1v) is 9.55. The first-order valence-electron chi connectivity index (χ1n) is 9.18. The molecule has 4 nitrogen and oxygen atoms in total. The lowest BCUT2D eigenvalue weighted by atomic mass is 10.0. The minimum Gasteiger partial charge on any atom is -0.422 e. The van der Waals surface area contributed by atoms with Crippen molar-refractivity contribution in [2.24, 2.45) is 0 Å². The van der Waals surface area contributed by atoms with Gasteiger partial charge in [-0.25, -0.2) is 4.79 Å². The number of aryl methyl sites for hydroxylation is 1. The Bertz CT molecular complexity index is 1260. The summed E-state index contributed by atoms with van der Waals surface area (Å²) in [6, 6.07) is 22.1. The fourth-order valence-electron chi connectivity index (χ4n) is 3.14. The number of nitrogens with one attached hydrogen (secondary N) is 1. The van der Waals surface area contributed by atoms with Crippen molar-refractivity contribution in [3.63, 3.8) is 0 Å². The van der Waals surface area contributed by atoms with Gasteiger partial charge in [-0.05, 0) is 60.9 Å². The van der Waals surface area contributed by atoms with E-state index < -0.39 is 11.5 Å². The predicted molar refractivity (Wildman–Crippen MR) is 116 cm³/mol. The van der Waals surface area contributed by atoms with E-state index in [1.165, 1.54) is 0 Å². The van der Waals surface area contributed by atoms with E-state index in [1.54, 1.807) is 24.3 Å². The van der Waals surface area contributed by atoms with E-state index in [0.717, 1.165) is 16.7 Å². The van der Waals surface area contributed by atoms with Gasteiger partial charge in [0.05, 0.1) is 0 Å². The zero-order valence-electron chi connectivity index (χ0n) is 15.7. The molecular weight excluding hydrogens is 386 g/mol. The predicted octanol–water partition coefficient (Wildman–Crippen LogP) is 5.60. The van der Waals surface area contributed by atoms with Gasteiger partial charge in [-0.2, -0.15) is 0 Å². The van der Waals surface area contributed by atoms with Gasteiger partial charge in [-0.1, -0.05) is 53.6 Å². The number of carbonyl (C=O) groups is 1. The Labute approximate surface area is 172 Å². The van der Waals surface area contributed by atoms with E-state index in [-0.39, 0.29) is 5.56 Å². The molecule has 4 rings (SSSR count). The van der Waals surface area contributed by atoms with Crippen LogP contribution >= 0.6 is 11.6 Å². The minimum absolute atomic E-state index is 0.0343. The van der Waals surface area contributed by atoms with Gasteiger partial charge in [0.1, 0.15) is 11.1 Å². The fourth-order valence-corrected chi connectivity index (χ4v) is 3.34. The molecular formula is C24H18ClNO3. The lowest BCUT2D eigenvalue weighted by molar-refractivity contribution is 0.102. The summed E-state index contributed by atoms with van der Waals surface area (Å²) in [7, 11) is 0. The minimum atomic E-state index is -0.666. The molecule has 0 aliphatic rings. The number of benzene rings is 3. The molecule has 0 saturated carbocycles. The standard InChI is InChI=1S/C24H18ClNO3/c1-15-6-9-19(10-7-15)26-23(27)20-14-18-13-16(8-11-22(18)29-24(20)28)12-17-4-2-3-5-21(17)25/h2-11,13-14H,12H2,1H3,(H,26,27). The molecule has 3 aromatic carbocycles. The Morgan fingerprint density at radius 1 is 1.00 bits per heavy atom. The van der Waals surface area contributed by atoms with Gasteiger partial charge in [-0.3, -0.25) is 4.79 Å². The molecule has 0 atom stereocenters. The fraction of sp³-hybridized carbons (Fsp3) is 0.0833. The molecule has 144 valence electrons. The van der Waals surface area contributed by atoms with Gasteiger partial charge >= 0.3 is 5.63 Å². The molecule has 29 heavy (non-hydrogen) atoms. The number of amides is 1. The number of halogens is 1. The third kappa shape index (κ3) is 4.23. The molecule has 1 heterocycles. The Balaban J connectivity index is 1.65. The average molecular weight is 404 g/mol. The number of hydrogen-bond donors (Lipinski definition) is 1. The van der Waals surface area contributed by atoms with E-state index in [1.807, 2.05) is 55.5 Å². The monoisotopic (exact) mass is 403 g/mol. The zero-order valence-corrected chi connectivity index (χ0v) is 16.5. The molecule has 1 N–H and O–H groups in total. The van der Waals surface area contributed by atoms with Gasteiger partial charge in [0.15, 0.2) is 0 Å². The highest BCUT2D eigenvalue weighted by atomic mass is 35.5. The normalized spacial score (nSPS) is 10.8. The molecule has 5 heteroatoms. The molecule has 0 unspecified atom stereocenters. The Morgan fingerprint density at radius 3 is 2.52 bits per heavy atom. The third-order valence-corrected chi connectivity index (χ3v) is 5.07. The van der Waals surface area contributed by atoms with Crippen LogP contribution in [0.15, 0.2) is 82.0 Å². The average Bonchev–Trinajstić information content (AvgIpc) is 2.71. The topological polar surface area (TPSA) is 59.3 Å². The van der Waals surface area contributed by atoms with Crippen LogP contribution in [-0.2, 0) is 6.42 Å². The highest BCUT2D eigenvalue weighted by Crippen LogP contribution is 2.22. The highest BCUT2D eigenvalue weighted by molar-refractivity contribution is 6.31. The molecule has 1 aromatic heterocycles. The van der Waals surface area contributed by atoms with Crippen molar-refractivity contribution in [1.82, 2.24) is 0 Å². The second-order valence-corrected chi connectivity index (χ2v) is 7.32. The molecule has 4 aromatic rings. The number of carbonyl (C=O) groups excluding carboxylic acids is 1. The van der Waals surface area contributed by atoms with Gasteiger partial charge in [0, 0.05) is 16.1 Å². The summed E-state index contributed by atoms with van der Waals surface area (Å²) in [5.41, 5.74) is 3.44. The van der Waals surface area contributed by atoms with Crippen LogP contribution in [0.25, 0.3) is 11.0 Å². The first-order chi connectivity index (χ1) is 14.0. The van der Waals surface area contributed by atoms with Crippen molar-refractivity contribution in [2.75, 3.05) is 5.32 Å². The molecule has 0 saturated heterocycles. The second-order valence-electron chi connectivity index (χ2n) is 6.91. The van der Waals surface area contributed by atoms with Crippen LogP contribution < -0.4 is 10.9 Å². The van der Waals surface area contributed by atoms with Gasteiger partial charge < -0.3 is 9.73 Å². The van der Waals surface area contributed by atoms with Crippen LogP contribution in [0.1, 0.15) is 27.0 Å². The Kier molecular flexibility index (Phi) is 5.19. The van der Waals surface area contributed by atoms with Crippen LogP contribution in [-0.4, -0.2) is 5.91 Å². The van der Waals surface area contributed by atoms with Gasteiger partial charge in [0.2, 0.25) is 0 Å². The number of fused-ring (bicyclic) bond motifs is 1. The molecule has 0 fully saturated rings. The maximum Gasteiger partial charge on any atom is 0.349 e. The van der Waals surface area contributed by atoms with Crippen LogP contribution in [0, 0.1) is 6.92 Å². The van der Waals surface area contributed by atoms with Crippen LogP contribution in [0.4, 0.5) is 5.69 Å². The molecule has 0 aliphatic carbocycles. The van der Waals surface area contributed by atoms with Crippen molar-refractivity contribution < 1.29 is 9.21 Å². The Hall–Kier alpha value is -3.37. The van der Waals surface area contributed by atoms with E-state index in [0.29, 0.717) is 28.1 Å². The van der Waals surface area contributed by atoms with Gasteiger partial charge in [-0.15, -0.1) is 0 Å². The second kappa shape index (κ2) is 7.94. The Morgan fingerprint density at radius 2 is 1.76 bits per heavy atom. The molecule has 0 radical (unpaired) electrons.